The second kappa shape index (κ2) is 8.32. The Kier molecular flexibility index (Phi) is 8.32. The standard InChI is InChI=1S/C14H28/c1-5-8-11-14(4,12-9-6-2)13-10-7-3/h4H,5-13H2,1-3H3. The van der Waals surface area contributed by atoms with Gasteiger partial charge in [-0.2, -0.15) is 0 Å². The topological polar surface area (TPSA) is 0 Å². The Labute approximate surface area is 91.5 Å². The lowest BCUT2D eigenvalue weighted by Gasteiger charge is -2.29. The van der Waals surface area contributed by atoms with Gasteiger partial charge in [0.1, 0.15) is 0 Å². The lowest BCUT2D eigenvalue weighted by molar-refractivity contribution is 0.268. The third-order valence-corrected chi connectivity index (χ3v) is 3.08. The van der Waals surface area contributed by atoms with Gasteiger partial charge in [-0.05, 0) is 31.6 Å². The summed E-state index contributed by atoms with van der Waals surface area (Å²) in [5.41, 5.74) is 0.155. The molecule has 0 unspecified atom stereocenters. The molecule has 0 aromatic carbocycles. The van der Waals surface area contributed by atoms with Crippen LogP contribution in [-0.2, 0) is 0 Å². The zero-order chi connectivity index (χ0) is 10.9. The highest BCUT2D eigenvalue weighted by molar-refractivity contribution is 4.81. The van der Waals surface area contributed by atoms with Gasteiger partial charge in [0, 0.05) is 0 Å². The zero-order valence-electron chi connectivity index (χ0n) is 10.4. The van der Waals surface area contributed by atoms with E-state index in [9.17, 15) is 0 Å². The summed E-state index contributed by atoms with van der Waals surface area (Å²) in [7, 11) is 0. The molecule has 0 heterocycles. The Bertz CT molecular complexity index is 93.4. The molecule has 0 aromatic heterocycles. The van der Waals surface area contributed by atoms with E-state index in [-0.39, 0.29) is 5.41 Å². The summed E-state index contributed by atoms with van der Waals surface area (Å²) < 4.78 is 0. The van der Waals surface area contributed by atoms with E-state index >= 15 is 0 Å². The van der Waals surface area contributed by atoms with Crippen LogP contribution in [0.1, 0.15) is 78.6 Å². The molecule has 0 rings (SSSR count). The molecule has 0 N–H and O–H groups in total. The molecule has 84 valence electrons. The third-order valence-electron chi connectivity index (χ3n) is 3.08. The van der Waals surface area contributed by atoms with E-state index in [4.69, 9.17) is 6.92 Å². The molecule has 0 aliphatic rings. The summed E-state index contributed by atoms with van der Waals surface area (Å²) in [6.45, 7) is 13.2. The highest BCUT2D eigenvalue weighted by Gasteiger charge is 2.22. The van der Waals surface area contributed by atoms with Crippen LogP contribution in [0, 0.1) is 12.3 Å². The zero-order valence-corrected chi connectivity index (χ0v) is 10.4. The maximum Gasteiger partial charge on any atom is -0.0263 e. The third kappa shape index (κ3) is 6.45. The van der Waals surface area contributed by atoms with Gasteiger partial charge in [-0.3, -0.25) is 0 Å². The number of hydrogen-bond acceptors (Lipinski definition) is 0. The first-order valence-electron chi connectivity index (χ1n) is 6.47. The highest BCUT2D eigenvalue weighted by atomic mass is 14.3. The predicted octanol–water partition coefficient (Wildman–Crippen LogP) is 5.25. The Morgan fingerprint density at radius 1 is 0.714 bits per heavy atom. The van der Waals surface area contributed by atoms with Crippen LogP contribution < -0.4 is 0 Å². The molecule has 0 spiro atoms. The van der Waals surface area contributed by atoms with E-state index in [0.717, 1.165) is 0 Å². The molecule has 0 bridgehead atoms. The van der Waals surface area contributed by atoms with Crippen LogP contribution >= 0.6 is 0 Å². The van der Waals surface area contributed by atoms with Gasteiger partial charge < -0.3 is 0 Å². The summed E-state index contributed by atoms with van der Waals surface area (Å²) in [5.74, 6) is 0. The van der Waals surface area contributed by atoms with Crippen molar-refractivity contribution < 1.29 is 0 Å². The molecule has 0 fully saturated rings. The fourth-order valence-corrected chi connectivity index (χ4v) is 1.96. The van der Waals surface area contributed by atoms with Gasteiger partial charge in [0.25, 0.3) is 0 Å². The lowest BCUT2D eigenvalue weighted by Crippen LogP contribution is -2.16. The molecule has 14 heavy (non-hydrogen) atoms. The van der Waals surface area contributed by atoms with Crippen molar-refractivity contribution in [3.63, 3.8) is 0 Å². The van der Waals surface area contributed by atoms with Gasteiger partial charge in [0.15, 0.2) is 0 Å². The first-order valence-corrected chi connectivity index (χ1v) is 6.47. The normalized spacial score (nSPS) is 12.0. The maximum absolute atomic E-state index is 6.46. The van der Waals surface area contributed by atoms with Gasteiger partial charge in [-0.1, -0.05) is 59.3 Å². The minimum absolute atomic E-state index is 0.155. The van der Waals surface area contributed by atoms with E-state index in [1.54, 1.807) is 0 Å². The van der Waals surface area contributed by atoms with E-state index in [0.29, 0.717) is 0 Å². The van der Waals surface area contributed by atoms with Crippen molar-refractivity contribution >= 4 is 0 Å². The minimum atomic E-state index is 0.155. The first-order chi connectivity index (χ1) is 6.68. The molecular weight excluding hydrogens is 168 g/mol. The average molecular weight is 196 g/mol. The minimum Gasteiger partial charge on any atom is -0.0654 e. The SMILES string of the molecule is [CH]C(CCCC)(CCCC)CCCC. The van der Waals surface area contributed by atoms with Gasteiger partial charge in [-0.15, -0.1) is 0 Å². The van der Waals surface area contributed by atoms with Gasteiger partial charge in [-0.25, -0.2) is 0 Å². The molecule has 0 aromatic rings. The Balaban J connectivity index is 3.89. The molecule has 0 atom stereocenters. The van der Waals surface area contributed by atoms with Crippen LogP contribution in [-0.4, -0.2) is 0 Å². The maximum atomic E-state index is 6.46. The molecule has 0 amide bonds. The van der Waals surface area contributed by atoms with Crippen molar-refractivity contribution in [2.75, 3.05) is 0 Å². The molecule has 0 saturated heterocycles. The van der Waals surface area contributed by atoms with Crippen molar-refractivity contribution in [3.05, 3.63) is 6.92 Å². The highest BCUT2D eigenvalue weighted by Crippen LogP contribution is 2.35. The molecule has 0 aliphatic carbocycles. The number of hydrogen-bond donors (Lipinski definition) is 0. The van der Waals surface area contributed by atoms with Crippen molar-refractivity contribution in [2.24, 2.45) is 5.41 Å². The number of rotatable bonds is 9. The Morgan fingerprint density at radius 2 is 1.00 bits per heavy atom. The van der Waals surface area contributed by atoms with Crippen molar-refractivity contribution in [3.8, 4) is 0 Å². The summed E-state index contributed by atoms with van der Waals surface area (Å²) in [4.78, 5) is 0. The molecule has 0 saturated carbocycles. The quantitative estimate of drug-likeness (QED) is 0.472. The fourth-order valence-electron chi connectivity index (χ4n) is 1.96. The van der Waals surface area contributed by atoms with Crippen LogP contribution in [0.4, 0.5) is 0 Å². The average Bonchev–Trinajstić information content (AvgIpc) is 2.21. The van der Waals surface area contributed by atoms with Crippen LogP contribution in [0.5, 0.6) is 0 Å². The van der Waals surface area contributed by atoms with Crippen LogP contribution in [0.2, 0.25) is 0 Å². The summed E-state index contributed by atoms with van der Waals surface area (Å²) >= 11 is 0. The van der Waals surface area contributed by atoms with Gasteiger partial charge >= 0.3 is 0 Å². The Hall–Kier alpha value is 0. The molecule has 0 nitrogen and oxygen atoms in total. The second-order valence-electron chi connectivity index (χ2n) is 4.67. The fraction of sp³-hybridized carbons (Fsp3) is 0.929. The van der Waals surface area contributed by atoms with Gasteiger partial charge in [0.05, 0.1) is 0 Å². The summed E-state index contributed by atoms with van der Waals surface area (Å²) in [5, 5.41) is 0. The lowest BCUT2D eigenvalue weighted by atomic mass is 9.76. The van der Waals surface area contributed by atoms with Crippen molar-refractivity contribution in [2.45, 2.75) is 78.6 Å². The summed E-state index contributed by atoms with van der Waals surface area (Å²) in [6, 6.07) is 0. The van der Waals surface area contributed by atoms with E-state index in [1.807, 2.05) is 0 Å². The summed E-state index contributed by atoms with van der Waals surface area (Å²) in [6.07, 6.45) is 11.4. The van der Waals surface area contributed by atoms with Crippen molar-refractivity contribution in [1.29, 1.82) is 0 Å². The second-order valence-corrected chi connectivity index (χ2v) is 4.67. The van der Waals surface area contributed by atoms with E-state index < -0.39 is 0 Å². The van der Waals surface area contributed by atoms with Crippen LogP contribution in [0.3, 0.4) is 0 Å². The van der Waals surface area contributed by atoms with Crippen LogP contribution in [0.25, 0.3) is 0 Å². The molecule has 0 heteroatoms. The molecule has 2 radical (unpaired) electrons. The predicted molar refractivity (Wildman–Crippen MR) is 65.3 cm³/mol. The van der Waals surface area contributed by atoms with Gasteiger partial charge in [0.2, 0.25) is 0 Å². The van der Waals surface area contributed by atoms with Crippen molar-refractivity contribution in [1.82, 2.24) is 0 Å². The molecule has 0 aliphatic heterocycles. The van der Waals surface area contributed by atoms with E-state index in [1.165, 1.54) is 57.8 Å². The smallest absolute Gasteiger partial charge is 0.0263 e. The monoisotopic (exact) mass is 196 g/mol. The van der Waals surface area contributed by atoms with Crippen LogP contribution in [0.15, 0.2) is 0 Å². The first kappa shape index (κ1) is 14.0. The number of unbranched alkanes of at least 4 members (excludes halogenated alkanes) is 3. The largest absolute Gasteiger partial charge is 0.0654 e. The van der Waals surface area contributed by atoms with E-state index in [2.05, 4.69) is 20.8 Å². The Morgan fingerprint density at radius 3 is 1.21 bits per heavy atom. The molecular formula is C14H28.